The van der Waals surface area contributed by atoms with Crippen LogP contribution in [0.4, 0.5) is 15.8 Å². The Morgan fingerprint density at radius 2 is 1.77 bits per heavy atom. The Morgan fingerprint density at radius 3 is 2.46 bits per heavy atom. The van der Waals surface area contributed by atoms with Crippen LogP contribution in [0.15, 0.2) is 72.3 Å². The van der Waals surface area contributed by atoms with Crippen molar-refractivity contribution in [2.75, 3.05) is 37.1 Å². The minimum absolute atomic E-state index is 0.0724. The SMILES string of the molecule is COc1ccc(N2C(=O)C(=O)/C(=C(\O)c3ccc4c(c3)N(C)CCO4)C2c2ccc(F)cc2)cc1. The molecule has 3 aromatic carbocycles. The molecule has 0 aromatic heterocycles. The molecule has 8 heteroatoms. The van der Waals surface area contributed by atoms with Crippen LogP contribution in [0.1, 0.15) is 17.2 Å². The minimum Gasteiger partial charge on any atom is -0.507 e. The highest BCUT2D eigenvalue weighted by atomic mass is 19.1. The van der Waals surface area contributed by atoms with E-state index in [0.29, 0.717) is 41.5 Å². The predicted molar refractivity (Wildman–Crippen MR) is 129 cm³/mol. The molecule has 0 bridgehead atoms. The Kier molecular flexibility index (Phi) is 5.64. The molecule has 0 spiro atoms. The largest absolute Gasteiger partial charge is 0.507 e. The zero-order valence-electron chi connectivity index (χ0n) is 19.2. The first-order valence-electron chi connectivity index (χ1n) is 11.1. The van der Waals surface area contributed by atoms with Gasteiger partial charge in [0.2, 0.25) is 0 Å². The van der Waals surface area contributed by atoms with Gasteiger partial charge in [-0.2, -0.15) is 0 Å². The number of carbonyl (C=O) groups excluding carboxylic acids is 2. The smallest absolute Gasteiger partial charge is 0.300 e. The highest BCUT2D eigenvalue weighted by molar-refractivity contribution is 6.51. The summed E-state index contributed by atoms with van der Waals surface area (Å²) in [6, 6.07) is 16.4. The molecule has 3 aromatic rings. The number of hydrogen-bond donors (Lipinski definition) is 1. The number of carbonyl (C=O) groups is 2. The fraction of sp³-hybridized carbons (Fsp3) is 0.185. The van der Waals surface area contributed by atoms with Crippen molar-refractivity contribution in [3.05, 3.63) is 89.2 Å². The zero-order chi connectivity index (χ0) is 24.7. The zero-order valence-corrected chi connectivity index (χ0v) is 19.2. The fourth-order valence-electron chi connectivity index (χ4n) is 4.46. The molecule has 1 atom stereocenters. The van der Waals surface area contributed by atoms with E-state index in [1.807, 2.05) is 11.9 Å². The molecule has 178 valence electrons. The van der Waals surface area contributed by atoms with Crippen molar-refractivity contribution in [3.8, 4) is 11.5 Å². The number of amides is 1. The van der Waals surface area contributed by atoms with E-state index in [-0.39, 0.29) is 11.3 Å². The molecule has 0 radical (unpaired) electrons. The number of methoxy groups -OCH3 is 1. The number of aliphatic hydroxyl groups excluding tert-OH is 1. The van der Waals surface area contributed by atoms with Gasteiger partial charge in [0.1, 0.15) is 29.7 Å². The van der Waals surface area contributed by atoms with Gasteiger partial charge in [-0.25, -0.2) is 4.39 Å². The van der Waals surface area contributed by atoms with E-state index < -0.39 is 23.5 Å². The van der Waals surface area contributed by atoms with E-state index in [9.17, 15) is 19.1 Å². The van der Waals surface area contributed by atoms with Crippen molar-refractivity contribution in [1.82, 2.24) is 0 Å². The summed E-state index contributed by atoms with van der Waals surface area (Å²) in [5, 5.41) is 11.4. The molecule has 1 saturated heterocycles. The minimum atomic E-state index is -0.950. The van der Waals surface area contributed by atoms with Crippen LogP contribution in [0.25, 0.3) is 5.76 Å². The van der Waals surface area contributed by atoms with Gasteiger partial charge < -0.3 is 19.5 Å². The van der Waals surface area contributed by atoms with Crippen molar-refractivity contribution in [2.45, 2.75) is 6.04 Å². The second-order valence-corrected chi connectivity index (χ2v) is 8.37. The lowest BCUT2D eigenvalue weighted by Crippen LogP contribution is -2.29. The lowest BCUT2D eigenvalue weighted by Gasteiger charge is -2.28. The summed E-state index contributed by atoms with van der Waals surface area (Å²) >= 11 is 0. The second kappa shape index (κ2) is 8.79. The number of fused-ring (bicyclic) bond motifs is 1. The number of aliphatic hydroxyl groups is 1. The number of anilines is 2. The quantitative estimate of drug-likeness (QED) is 0.345. The normalized spacial score (nSPS) is 18.9. The molecule has 2 aliphatic rings. The molecular weight excluding hydrogens is 451 g/mol. The number of Topliss-reactive ketones (excluding diaryl/α,β-unsaturated/α-hetero) is 1. The van der Waals surface area contributed by atoms with E-state index in [1.165, 1.54) is 36.3 Å². The maximum atomic E-state index is 13.7. The average Bonchev–Trinajstić information content (AvgIpc) is 3.14. The monoisotopic (exact) mass is 474 g/mol. The van der Waals surface area contributed by atoms with E-state index in [2.05, 4.69) is 0 Å². The molecule has 7 nitrogen and oxygen atoms in total. The third-order valence-electron chi connectivity index (χ3n) is 6.31. The fourth-order valence-corrected chi connectivity index (χ4v) is 4.46. The van der Waals surface area contributed by atoms with Crippen molar-refractivity contribution >= 4 is 28.8 Å². The number of ketones is 1. The average molecular weight is 474 g/mol. The number of ether oxygens (including phenoxy) is 2. The van der Waals surface area contributed by atoms with Gasteiger partial charge in [0.25, 0.3) is 11.7 Å². The van der Waals surface area contributed by atoms with Crippen LogP contribution in [0.5, 0.6) is 11.5 Å². The predicted octanol–water partition coefficient (Wildman–Crippen LogP) is 4.29. The van der Waals surface area contributed by atoms with E-state index in [1.54, 1.807) is 42.5 Å². The van der Waals surface area contributed by atoms with Crippen LogP contribution in [-0.2, 0) is 9.59 Å². The third kappa shape index (κ3) is 3.86. The van der Waals surface area contributed by atoms with Crippen LogP contribution >= 0.6 is 0 Å². The Bertz CT molecular complexity index is 1330. The summed E-state index contributed by atoms with van der Waals surface area (Å²) in [5.74, 6) is -1.11. The van der Waals surface area contributed by atoms with Gasteiger partial charge in [-0.05, 0) is 60.2 Å². The summed E-state index contributed by atoms with van der Waals surface area (Å²) in [4.78, 5) is 29.8. The lowest BCUT2D eigenvalue weighted by atomic mass is 9.94. The van der Waals surface area contributed by atoms with Crippen LogP contribution in [0.3, 0.4) is 0 Å². The van der Waals surface area contributed by atoms with Gasteiger partial charge in [0.15, 0.2) is 0 Å². The Hall–Kier alpha value is -4.33. The van der Waals surface area contributed by atoms with Gasteiger partial charge in [-0.1, -0.05) is 12.1 Å². The summed E-state index contributed by atoms with van der Waals surface area (Å²) in [7, 11) is 3.44. The summed E-state index contributed by atoms with van der Waals surface area (Å²) in [6.45, 7) is 1.22. The van der Waals surface area contributed by atoms with Gasteiger partial charge in [-0.3, -0.25) is 14.5 Å². The number of halogens is 1. The Morgan fingerprint density at radius 1 is 1.06 bits per heavy atom. The van der Waals surface area contributed by atoms with E-state index >= 15 is 0 Å². The summed E-state index contributed by atoms with van der Waals surface area (Å²) in [6.07, 6.45) is 0. The molecule has 2 heterocycles. The first-order chi connectivity index (χ1) is 16.9. The number of hydrogen-bond acceptors (Lipinski definition) is 6. The van der Waals surface area contributed by atoms with Crippen molar-refractivity contribution in [1.29, 1.82) is 0 Å². The molecule has 35 heavy (non-hydrogen) atoms. The van der Waals surface area contributed by atoms with E-state index in [0.717, 1.165) is 5.69 Å². The lowest BCUT2D eigenvalue weighted by molar-refractivity contribution is -0.132. The third-order valence-corrected chi connectivity index (χ3v) is 6.31. The summed E-state index contributed by atoms with van der Waals surface area (Å²) in [5.41, 5.74) is 2.00. The molecule has 1 unspecified atom stereocenters. The number of nitrogens with zero attached hydrogens (tertiary/aromatic N) is 2. The topological polar surface area (TPSA) is 79.3 Å². The molecule has 5 rings (SSSR count). The van der Waals surface area contributed by atoms with E-state index in [4.69, 9.17) is 9.47 Å². The molecule has 1 fully saturated rings. The van der Waals surface area contributed by atoms with Crippen molar-refractivity contribution in [3.63, 3.8) is 0 Å². The first kappa shape index (κ1) is 22.5. The molecule has 1 amide bonds. The Labute approximate surface area is 201 Å². The van der Waals surface area contributed by atoms with Crippen molar-refractivity contribution < 1.29 is 28.6 Å². The molecule has 2 aliphatic heterocycles. The van der Waals surface area contributed by atoms with Crippen LogP contribution in [-0.4, -0.2) is 44.1 Å². The number of likely N-dealkylation sites (N-methyl/N-ethyl adjacent to an activating group) is 1. The van der Waals surface area contributed by atoms with Crippen molar-refractivity contribution in [2.24, 2.45) is 0 Å². The molecule has 1 N–H and O–H groups in total. The maximum Gasteiger partial charge on any atom is 0.300 e. The van der Waals surface area contributed by atoms with Crippen LogP contribution < -0.4 is 19.3 Å². The van der Waals surface area contributed by atoms with Gasteiger partial charge >= 0.3 is 0 Å². The summed E-state index contributed by atoms with van der Waals surface area (Å²) < 4.78 is 24.6. The Balaban J connectivity index is 1.68. The van der Waals surface area contributed by atoms with Gasteiger partial charge in [0.05, 0.1) is 31.0 Å². The highest BCUT2D eigenvalue weighted by Crippen LogP contribution is 2.43. The molecular formula is C27H23FN2O5. The highest BCUT2D eigenvalue weighted by Gasteiger charge is 2.47. The maximum absolute atomic E-state index is 13.7. The standard InChI is InChI=1S/C27H23FN2O5/c1-29-13-14-35-22-12-5-17(15-21(22)29)25(31)23-24(16-3-6-18(28)7-4-16)30(27(33)26(23)32)19-8-10-20(34-2)11-9-19/h3-12,15,24,31H,13-14H2,1-2H3/b25-23-. The first-order valence-corrected chi connectivity index (χ1v) is 11.1. The second-order valence-electron chi connectivity index (χ2n) is 8.37. The molecule has 0 saturated carbocycles. The van der Waals surface area contributed by atoms with Crippen LogP contribution in [0, 0.1) is 5.82 Å². The van der Waals surface area contributed by atoms with Crippen LogP contribution in [0.2, 0.25) is 0 Å². The molecule has 0 aliphatic carbocycles. The number of rotatable bonds is 4. The number of benzene rings is 3. The van der Waals surface area contributed by atoms with Gasteiger partial charge in [0, 0.05) is 18.3 Å². The van der Waals surface area contributed by atoms with Gasteiger partial charge in [-0.15, -0.1) is 0 Å².